The van der Waals surface area contributed by atoms with E-state index in [1.165, 1.54) is 18.1 Å². The first-order valence-corrected chi connectivity index (χ1v) is 33.8. The van der Waals surface area contributed by atoms with Crippen LogP contribution in [0.25, 0.3) is 11.0 Å². The fourth-order valence-electron chi connectivity index (χ4n) is 10.9. The largest absolute Gasteiger partial charge is 0.497 e. The minimum atomic E-state index is -1.68. The Morgan fingerprint density at radius 3 is 1.67 bits per heavy atom. The lowest BCUT2D eigenvalue weighted by molar-refractivity contribution is -0.393. The number of fused-ring (bicyclic) bond motifs is 1. The maximum absolute atomic E-state index is 14.5. The van der Waals surface area contributed by atoms with E-state index in [2.05, 4.69) is 68.1 Å². The third-order valence-electron chi connectivity index (χ3n) is 16.0. The minimum absolute atomic E-state index is 0.0251. The molecule has 2 aromatic carbocycles. The molecule has 2 heterocycles. The van der Waals surface area contributed by atoms with Gasteiger partial charge in [0.15, 0.2) is 17.9 Å². The molecule has 2 unspecified atom stereocenters. The normalized spacial score (nSPS) is 14.1. The summed E-state index contributed by atoms with van der Waals surface area (Å²) in [6.07, 6.45) is 0.154. The summed E-state index contributed by atoms with van der Waals surface area (Å²) in [4.78, 5) is 198. The van der Waals surface area contributed by atoms with Crippen molar-refractivity contribution < 1.29 is 71.7 Å². The van der Waals surface area contributed by atoms with Gasteiger partial charge in [-0.05, 0) is 99.8 Å². The number of nitrogens with zero attached hydrogens (tertiary/aromatic N) is 6. The molecule has 4 rings (SSSR count). The van der Waals surface area contributed by atoms with Crippen LogP contribution in [0.3, 0.4) is 0 Å². The molecule has 0 saturated carbocycles. The van der Waals surface area contributed by atoms with E-state index in [0.717, 1.165) is 18.2 Å². The van der Waals surface area contributed by atoms with Gasteiger partial charge in [0, 0.05) is 82.2 Å². The second-order valence-corrected chi connectivity index (χ2v) is 25.3. The van der Waals surface area contributed by atoms with Crippen molar-refractivity contribution in [2.75, 3.05) is 64.8 Å². The summed E-state index contributed by atoms with van der Waals surface area (Å²) in [7, 11) is 1.43. The van der Waals surface area contributed by atoms with Crippen molar-refractivity contribution in [3.05, 3.63) is 78.7 Å². The third-order valence-corrected chi connectivity index (χ3v) is 16.0. The van der Waals surface area contributed by atoms with Crippen LogP contribution in [0.4, 0.5) is 17.1 Å². The summed E-state index contributed by atoms with van der Waals surface area (Å²) in [6, 6.07) is -0.509. The standard InChI is InChI=1S/C64H97N23O18/c1-34(2)26-44(83-60(98)47-13-9-25-85(47)61(99)43(12-8-22-76-64(70)71)81-52(90)28-36-29-54(92)105-49-31-38(104-5)15-16-39(36)49)57(95)78-33-53(91)82-45(27-35(3)4)59(97)84-46(32-77-40-17-14-37(86(100)101)30-48(40)87(102)103)58(96)73-24-19-51(89)80-42(11-7-21-75-63(68)69)56(94)72-23-18-50(88)79-41(55(65)93)10-6-20-74-62(66)67/h14-17,29-31,34-35,41-47,77H,6-13,18-28,32-33H2,1-5H3,(H2,65,93)(H,72,94)(H,73,96)(H,78,95)(H,79,88)(H,80,89)(H,81,90)(H,82,91)(H,83,98)(H,84,97)(H4,66,67,74)(H4,68,69,75)(H4,70,71,76)/t41?,42?,43-,44-,45-,46+,47+/m0/s1. The zero-order chi connectivity index (χ0) is 78.0. The van der Waals surface area contributed by atoms with Gasteiger partial charge in [-0.15, -0.1) is 0 Å². The number of likely N-dealkylation sites (tertiary alicyclic amines) is 1. The first-order valence-electron chi connectivity index (χ1n) is 33.8. The van der Waals surface area contributed by atoms with E-state index in [9.17, 15) is 77.8 Å². The fraction of sp³-hybridized carbons (Fsp3) is 0.547. The lowest BCUT2D eigenvalue weighted by Crippen LogP contribution is -2.58. The number of aliphatic imine (C=N–C) groups is 3. The summed E-state index contributed by atoms with van der Waals surface area (Å²) in [5, 5.41) is 49.8. The number of nitrogens with one attached hydrogen (secondary N) is 10. The SMILES string of the molecule is COc1ccc2c(CC(=O)N[C@@H](CCCN=C(N)N)C(=O)N3CCC[C@@H]3C(=O)N[C@@H](CC(C)C)C(=O)NCC(=O)N[C@@H](CC(C)C)C(=O)N[C@H](CNc3ccc([N+](=O)[O-])cc3[N+](=O)[O-])C(=O)NCCC(=O)NC(CCCN=C(N)N)C(=O)NCCC(=O)NC(CCCN=C(N)N)C(N)=O)cc(=O)oc2c1. The van der Waals surface area contributed by atoms with E-state index >= 15 is 0 Å². The van der Waals surface area contributed by atoms with Crippen LogP contribution in [0.2, 0.25) is 0 Å². The van der Waals surface area contributed by atoms with Crippen molar-refractivity contribution in [3.8, 4) is 5.75 Å². The number of guanidine groups is 3. The second kappa shape index (κ2) is 43.1. The maximum atomic E-state index is 14.5. The first-order chi connectivity index (χ1) is 49.6. The van der Waals surface area contributed by atoms with Gasteiger partial charge in [-0.25, -0.2) is 4.79 Å². The Labute approximate surface area is 603 Å². The molecule has 41 nitrogen and oxygen atoms in total. The quantitative estimate of drug-likeness (QED) is 0.00641. The van der Waals surface area contributed by atoms with Gasteiger partial charge in [0.05, 0.1) is 36.0 Å². The van der Waals surface area contributed by atoms with Gasteiger partial charge in [0.1, 0.15) is 59.3 Å². The van der Waals surface area contributed by atoms with E-state index in [-0.39, 0.29) is 138 Å². The van der Waals surface area contributed by atoms with Gasteiger partial charge in [0.25, 0.3) is 11.4 Å². The molecule has 0 bridgehead atoms. The number of nitro groups is 2. The number of ether oxygens (including phenoxy) is 1. The Balaban J connectivity index is 1.48. The Hall–Kier alpha value is -12.0. The smallest absolute Gasteiger partial charge is 0.336 e. The van der Waals surface area contributed by atoms with Crippen LogP contribution in [0.1, 0.15) is 110 Å². The number of hydrogen-bond donors (Lipinski definition) is 17. The van der Waals surface area contributed by atoms with E-state index in [1.54, 1.807) is 39.8 Å². The molecule has 24 N–H and O–H groups in total. The molecular weight excluding hydrogens is 1380 g/mol. The summed E-state index contributed by atoms with van der Waals surface area (Å²) < 4.78 is 10.6. The average Bonchev–Trinajstić information content (AvgIpc) is 1.52. The van der Waals surface area contributed by atoms with Crippen LogP contribution in [0.5, 0.6) is 5.75 Å². The zero-order valence-corrected chi connectivity index (χ0v) is 59.2. The molecule has 1 aliphatic rings. The number of non-ortho nitro benzene ring substituents is 1. The molecule has 1 fully saturated rings. The second-order valence-electron chi connectivity index (χ2n) is 25.3. The van der Waals surface area contributed by atoms with Crippen LogP contribution in [0.15, 0.2) is 66.7 Å². The number of carbonyl (C=O) groups is 11. The number of anilines is 1. The van der Waals surface area contributed by atoms with Crippen molar-refractivity contribution in [2.45, 2.75) is 153 Å². The van der Waals surface area contributed by atoms with E-state index in [0.29, 0.717) is 35.6 Å². The summed E-state index contributed by atoms with van der Waals surface area (Å²) >= 11 is 0. The van der Waals surface area contributed by atoms with Crippen molar-refractivity contribution >= 4 is 111 Å². The van der Waals surface area contributed by atoms with E-state index in [1.807, 2.05) is 0 Å². The highest BCUT2D eigenvalue weighted by Crippen LogP contribution is 2.29. The van der Waals surface area contributed by atoms with Crippen LogP contribution in [-0.4, -0.2) is 199 Å². The van der Waals surface area contributed by atoms with Gasteiger partial charge in [-0.2, -0.15) is 0 Å². The molecule has 3 aromatic rings. The van der Waals surface area contributed by atoms with Crippen LogP contribution < -0.4 is 104 Å². The van der Waals surface area contributed by atoms with Gasteiger partial charge >= 0.3 is 5.63 Å². The topological polar surface area (TPSA) is 656 Å². The Kier molecular flexibility index (Phi) is 35.1. The lowest BCUT2D eigenvalue weighted by Gasteiger charge is -2.30. The molecule has 11 amide bonds. The van der Waals surface area contributed by atoms with Gasteiger partial charge < -0.3 is 107 Å². The van der Waals surface area contributed by atoms with Crippen molar-refractivity contribution in [3.63, 3.8) is 0 Å². The Morgan fingerprint density at radius 1 is 0.600 bits per heavy atom. The molecule has 1 aliphatic heterocycles. The molecule has 41 heteroatoms. The highest BCUT2D eigenvalue weighted by molar-refractivity contribution is 5.98. The average molecular weight is 1480 g/mol. The molecule has 576 valence electrons. The van der Waals surface area contributed by atoms with Crippen molar-refractivity contribution in [1.29, 1.82) is 0 Å². The van der Waals surface area contributed by atoms with Gasteiger partial charge in [0.2, 0.25) is 65.0 Å². The maximum Gasteiger partial charge on any atom is 0.336 e. The molecule has 0 spiro atoms. The number of hydrogen-bond acceptors (Lipinski definition) is 22. The number of carbonyl (C=O) groups excluding carboxylic acids is 11. The van der Waals surface area contributed by atoms with Crippen LogP contribution in [0, 0.1) is 32.1 Å². The lowest BCUT2D eigenvalue weighted by atomic mass is 10.0. The monoisotopic (exact) mass is 1480 g/mol. The predicted octanol–water partition coefficient (Wildman–Crippen LogP) is -3.96. The molecule has 1 saturated heterocycles. The van der Waals surface area contributed by atoms with E-state index in [4.69, 9.17) is 49.3 Å². The first kappa shape index (κ1) is 85.4. The molecular formula is C64H97N23O18. The fourth-order valence-corrected chi connectivity index (χ4v) is 10.9. The minimum Gasteiger partial charge on any atom is -0.497 e. The molecule has 1 aromatic heterocycles. The molecule has 0 radical (unpaired) electrons. The summed E-state index contributed by atoms with van der Waals surface area (Å²) in [6.45, 7) is 5.25. The number of methoxy groups -OCH3 is 1. The summed E-state index contributed by atoms with van der Waals surface area (Å²) in [5.74, 6) is -9.40. The predicted molar refractivity (Wildman–Crippen MR) is 383 cm³/mol. The highest BCUT2D eigenvalue weighted by Gasteiger charge is 2.40. The third kappa shape index (κ3) is 30.3. The van der Waals surface area contributed by atoms with Gasteiger partial charge in [-0.1, -0.05) is 27.7 Å². The van der Waals surface area contributed by atoms with Gasteiger partial charge in [-0.3, -0.25) is 87.9 Å². The van der Waals surface area contributed by atoms with E-state index < -0.39 is 160 Å². The zero-order valence-electron chi connectivity index (χ0n) is 59.2. The highest BCUT2D eigenvalue weighted by atomic mass is 16.6. The number of nitrogens with two attached hydrogens (primary N) is 7. The summed E-state index contributed by atoms with van der Waals surface area (Å²) in [5.41, 5.74) is 36.1. The Bertz CT molecular complexity index is 3740. The molecule has 7 atom stereocenters. The number of rotatable bonds is 45. The molecule has 0 aliphatic carbocycles. The Morgan fingerprint density at radius 2 is 1.12 bits per heavy atom. The van der Waals surface area contributed by atoms with Crippen LogP contribution >= 0.6 is 0 Å². The number of amides is 11. The number of benzene rings is 2. The number of primary amides is 1. The molecule has 105 heavy (non-hydrogen) atoms. The van der Waals surface area contributed by atoms with Crippen LogP contribution in [-0.2, 0) is 59.2 Å². The number of nitro benzene ring substituents is 2. The van der Waals surface area contributed by atoms with Crippen molar-refractivity contribution in [2.24, 2.45) is 66.9 Å². The van der Waals surface area contributed by atoms with Crippen molar-refractivity contribution in [1.82, 2.24) is 52.8 Å².